The Morgan fingerprint density at radius 3 is 2.77 bits per heavy atom. The molecule has 0 saturated carbocycles. The number of nitrogens with zero attached hydrogens (tertiary/aromatic N) is 2. The van der Waals surface area contributed by atoms with Crippen LogP contribution in [0.4, 0.5) is 18.9 Å². The molecule has 1 aliphatic heterocycles. The van der Waals surface area contributed by atoms with E-state index in [9.17, 15) is 18.0 Å². The zero-order valence-corrected chi connectivity index (χ0v) is 14.5. The normalized spacial score (nSPS) is 14.3. The summed E-state index contributed by atoms with van der Waals surface area (Å²) < 4.78 is 46.2. The van der Waals surface area contributed by atoms with Gasteiger partial charge in [0.15, 0.2) is 0 Å². The van der Waals surface area contributed by atoms with Gasteiger partial charge in [-0.2, -0.15) is 0 Å². The van der Waals surface area contributed by atoms with E-state index in [0.29, 0.717) is 42.8 Å². The lowest BCUT2D eigenvalue weighted by Gasteiger charge is -2.30. The van der Waals surface area contributed by atoms with Gasteiger partial charge in [0.25, 0.3) is 0 Å². The topological polar surface area (TPSA) is 55.6 Å². The van der Waals surface area contributed by atoms with E-state index in [1.54, 1.807) is 11.8 Å². The summed E-state index contributed by atoms with van der Waals surface area (Å²) in [4.78, 5) is 14.3. The number of fused-ring (bicyclic) bond motifs is 1. The Hall–Kier alpha value is -2.51. The van der Waals surface area contributed by atoms with Crippen LogP contribution in [0.25, 0.3) is 0 Å². The molecule has 8 heteroatoms. The third-order valence-electron chi connectivity index (χ3n) is 4.47. The molecule has 1 amide bonds. The summed E-state index contributed by atoms with van der Waals surface area (Å²) in [5.41, 5.74) is 3.02. The third kappa shape index (κ3) is 4.00. The number of anilines is 1. The van der Waals surface area contributed by atoms with E-state index in [1.165, 1.54) is 18.2 Å². The van der Waals surface area contributed by atoms with Gasteiger partial charge in [0.05, 0.1) is 5.69 Å². The van der Waals surface area contributed by atoms with Crippen LogP contribution in [0.3, 0.4) is 0 Å². The van der Waals surface area contributed by atoms with Gasteiger partial charge in [0.2, 0.25) is 5.91 Å². The van der Waals surface area contributed by atoms with E-state index >= 15 is 0 Å². The molecule has 0 radical (unpaired) electrons. The van der Waals surface area contributed by atoms with E-state index < -0.39 is 6.36 Å². The van der Waals surface area contributed by atoms with Gasteiger partial charge in [-0.15, -0.1) is 13.2 Å². The van der Waals surface area contributed by atoms with E-state index in [1.807, 2.05) is 6.92 Å². The Bertz CT molecular complexity index is 795. The Balaban J connectivity index is 1.73. The Morgan fingerprint density at radius 2 is 2.12 bits per heavy atom. The first-order valence-electron chi connectivity index (χ1n) is 8.35. The van der Waals surface area contributed by atoms with Gasteiger partial charge in [-0.1, -0.05) is 5.16 Å². The molecule has 0 bridgehead atoms. The predicted octanol–water partition coefficient (Wildman–Crippen LogP) is 4.10. The second-order valence-corrected chi connectivity index (χ2v) is 6.29. The van der Waals surface area contributed by atoms with E-state index in [4.69, 9.17) is 4.52 Å². The van der Waals surface area contributed by atoms with Crippen LogP contribution in [0.15, 0.2) is 22.7 Å². The van der Waals surface area contributed by atoms with Crippen molar-refractivity contribution in [3.05, 3.63) is 40.8 Å². The number of alkyl halides is 3. The fourth-order valence-electron chi connectivity index (χ4n) is 3.26. The van der Waals surface area contributed by atoms with Crippen molar-refractivity contribution < 1.29 is 27.2 Å². The standard InChI is InChI=1S/C18H19F3N2O3/c1-11-15(12(2)26-22-11)6-8-17(24)23-9-3-4-13-10-14(5-7-16(13)23)25-18(19,20)21/h5,7,10H,3-4,6,8-9H2,1-2H3. The van der Waals surface area contributed by atoms with Gasteiger partial charge < -0.3 is 14.2 Å². The van der Waals surface area contributed by atoms with Crippen molar-refractivity contribution in [1.82, 2.24) is 5.16 Å². The van der Waals surface area contributed by atoms with Crippen molar-refractivity contribution in [2.24, 2.45) is 0 Å². The van der Waals surface area contributed by atoms with Crippen molar-refractivity contribution in [2.75, 3.05) is 11.4 Å². The Kier molecular flexibility index (Phi) is 4.93. The van der Waals surface area contributed by atoms with Crippen LogP contribution in [0, 0.1) is 13.8 Å². The van der Waals surface area contributed by atoms with Crippen LogP contribution in [0.1, 0.15) is 35.4 Å². The van der Waals surface area contributed by atoms with Gasteiger partial charge in [-0.25, -0.2) is 0 Å². The quantitative estimate of drug-likeness (QED) is 0.815. The van der Waals surface area contributed by atoms with Crippen molar-refractivity contribution in [3.8, 4) is 5.75 Å². The summed E-state index contributed by atoms with van der Waals surface area (Å²) in [5.74, 6) is 0.361. The minimum absolute atomic E-state index is 0.0737. The van der Waals surface area contributed by atoms with Crippen LogP contribution in [-0.4, -0.2) is 24.0 Å². The van der Waals surface area contributed by atoms with Crippen molar-refractivity contribution >= 4 is 11.6 Å². The molecule has 1 aromatic carbocycles. The number of ether oxygens (including phenoxy) is 1. The number of amides is 1. The smallest absolute Gasteiger partial charge is 0.406 e. The maximum atomic E-state index is 12.7. The third-order valence-corrected chi connectivity index (χ3v) is 4.47. The molecule has 2 aromatic rings. The maximum Gasteiger partial charge on any atom is 0.573 e. The zero-order chi connectivity index (χ0) is 18.9. The summed E-state index contributed by atoms with van der Waals surface area (Å²) in [7, 11) is 0. The average molecular weight is 368 g/mol. The molecular formula is C18H19F3N2O3. The lowest BCUT2D eigenvalue weighted by Crippen LogP contribution is -2.35. The highest BCUT2D eigenvalue weighted by atomic mass is 19.4. The van der Waals surface area contributed by atoms with Crippen LogP contribution < -0.4 is 9.64 Å². The van der Waals surface area contributed by atoms with Crippen LogP contribution in [0.2, 0.25) is 0 Å². The monoisotopic (exact) mass is 368 g/mol. The number of carbonyl (C=O) groups excluding carboxylic acids is 1. The molecule has 0 fully saturated rings. The first-order valence-corrected chi connectivity index (χ1v) is 8.35. The Morgan fingerprint density at radius 1 is 1.35 bits per heavy atom. The molecule has 0 atom stereocenters. The summed E-state index contributed by atoms with van der Waals surface area (Å²) >= 11 is 0. The highest BCUT2D eigenvalue weighted by Crippen LogP contribution is 2.33. The van der Waals surface area contributed by atoms with Gasteiger partial charge in [0, 0.05) is 24.2 Å². The minimum Gasteiger partial charge on any atom is -0.406 e. The van der Waals surface area contributed by atoms with Gasteiger partial charge >= 0.3 is 6.36 Å². The van der Waals surface area contributed by atoms with E-state index in [0.717, 1.165) is 11.3 Å². The highest BCUT2D eigenvalue weighted by Gasteiger charge is 2.32. The van der Waals surface area contributed by atoms with Gasteiger partial charge in [-0.3, -0.25) is 4.79 Å². The van der Waals surface area contributed by atoms with Crippen molar-refractivity contribution in [3.63, 3.8) is 0 Å². The van der Waals surface area contributed by atoms with E-state index in [-0.39, 0.29) is 18.1 Å². The molecule has 0 unspecified atom stereocenters. The van der Waals surface area contributed by atoms with Crippen molar-refractivity contribution in [2.45, 2.75) is 45.9 Å². The lowest BCUT2D eigenvalue weighted by molar-refractivity contribution is -0.274. The number of rotatable bonds is 4. The van der Waals surface area contributed by atoms with Crippen LogP contribution >= 0.6 is 0 Å². The number of hydrogen-bond acceptors (Lipinski definition) is 4. The van der Waals surface area contributed by atoms with Gasteiger partial charge in [-0.05, 0) is 56.9 Å². The molecule has 5 nitrogen and oxygen atoms in total. The summed E-state index contributed by atoms with van der Waals surface area (Å²) in [6.45, 7) is 4.18. The molecule has 3 rings (SSSR count). The number of halogens is 3. The second kappa shape index (κ2) is 7.01. The molecule has 0 aliphatic carbocycles. The Labute approximate surface area is 148 Å². The number of hydrogen-bond donors (Lipinski definition) is 0. The largest absolute Gasteiger partial charge is 0.573 e. The maximum absolute atomic E-state index is 12.7. The molecule has 1 aromatic heterocycles. The summed E-state index contributed by atoms with van der Waals surface area (Å²) in [6.07, 6.45) is -2.63. The fourth-order valence-corrected chi connectivity index (χ4v) is 3.26. The van der Waals surface area contributed by atoms with Gasteiger partial charge in [0.1, 0.15) is 11.5 Å². The molecule has 0 saturated heterocycles. The lowest BCUT2D eigenvalue weighted by atomic mass is 10.00. The molecule has 0 N–H and O–H groups in total. The predicted molar refractivity (Wildman–Crippen MR) is 88.1 cm³/mol. The molecule has 1 aliphatic rings. The second-order valence-electron chi connectivity index (χ2n) is 6.29. The average Bonchev–Trinajstić information content (AvgIpc) is 2.88. The number of aromatic nitrogens is 1. The number of aryl methyl sites for hydroxylation is 3. The van der Waals surface area contributed by atoms with E-state index in [2.05, 4.69) is 9.89 Å². The molecule has 2 heterocycles. The molecule has 0 spiro atoms. The van der Waals surface area contributed by atoms with Crippen LogP contribution in [0.5, 0.6) is 5.75 Å². The molecule has 26 heavy (non-hydrogen) atoms. The molecular weight excluding hydrogens is 349 g/mol. The summed E-state index contributed by atoms with van der Waals surface area (Å²) in [5, 5.41) is 3.88. The minimum atomic E-state index is -4.73. The molecule has 140 valence electrons. The SMILES string of the molecule is Cc1noc(C)c1CCC(=O)N1CCCc2cc(OC(F)(F)F)ccc21. The first-order chi connectivity index (χ1) is 12.2. The van der Waals surface area contributed by atoms with Crippen molar-refractivity contribution in [1.29, 1.82) is 0 Å². The zero-order valence-electron chi connectivity index (χ0n) is 14.5. The fraction of sp³-hybridized carbons (Fsp3) is 0.444. The summed E-state index contributed by atoms with van der Waals surface area (Å²) in [6, 6.07) is 4.12. The number of benzene rings is 1. The first kappa shape index (κ1) is 18.3. The van der Waals surface area contributed by atoms with Crippen LogP contribution in [-0.2, 0) is 17.6 Å². The highest BCUT2D eigenvalue weighted by molar-refractivity contribution is 5.94. The number of carbonyl (C=O) groups is 1.